The molecule has 3 aromatic carbocycles. The van der Waals surface area contributed by atoms with Gasteiger partial charge < -0.3 is 11.5 Å². The fourth-order valence-corrected chi connectivity index (χ4v) is 2.34. The van der Waals surface area contributed by atoms with E-state index in [1.54, 1.807) is 12.1 Å². The first kappa shape index (κ1) is 10.6. The Labute approximate surface area is 104 Å². The van der Waals surface area contributed by atoms with E-state index in [4.69, 9.17) is 11.5 Å². The van der Waals surface area contributed by atoms with Gasteiger partial charge in [-0.15, -0.1) is 0 Å². The first-order valence-corrected chi connectivity index (χ1v) is 5.68. The summed E-state index contributed by atoms with van der Waals surface area (Å²) in [4.78, 5) is 11.4. The SMILES string of the molecule is NC(=O)c1cccc2c(N)c3ccccc3cc12. The van der Waals surface area contributed by atoms with E-state index in [9.17, 15) is 4.79 Å². The molecule has 0 fully saturated rings. The van der Waals surface area contributed by atoms with Crippen LogP contribution in [-0.2, 0) is 0 Å². The van der Waals surface area contributed by atoms with E-state index in [1.807, 2.05) is 36.4 Å². The lowest BCUT2D eigenvalue weighted by atomic mass is 9.97. The minimum absolute atomic E-state index is 0.435. The highest BCUT2D eigenvalue weighted by Crippen LogP contribution is 2.32. The molecule has 3 aromatic rings. The molecule has 0 unspecified atom stereocenters. The summed E-state index contributed by atoms with van der Waals surface area (Å²) in [7, 11) is 0. The highest BCUT2D eigenvalue weighted by atomic mass is 16.1. The number of anilines is 1. The first-order chi connectivity index (χ1) is 8.68. The second-order valence-electron chi connectivity index (χ2n) is 4.28. The summed E-state index contributed by atoms with van der Waals surface area (Å²) in [5.74, 6) is -0.435. The zero-order valence-corrected chi connectivity index (χ0v) is 9.68. The maximum atomic E-state index is 11.4. The van der Waals surface area contributed by atoms with Crippen LogP contribution in [0.15, 0.2) is 48.5 Å². The molecule has 0 aliphatic carbocycles. The molecule has 0 aromatic heterocycles. The van der Waals surface area contributed by atoms with Crippen LogP contribution in [0.4, 0.5) is 5.69 Å². The predicted octanol–water partition coefficient (Wildman–Crippen LogP) is 2.67. The van der Waals surface area contributed by atoms with Crippen LogP contribution in [0, 0.1) is 0 Å². The van der Waals surface area contributed by atoms with Gasteiger partial charge in [-0.1, -0.05) is 36.4 Å². The van der Waals surface area contributed by atoms with Crippen LogP contribution in [-0.4, -0.2) is 5.91 Å². The summed E-state index contributed by atoms with van der Waals surface area (Å²) in [5, 5.41) is 3.68. The number of amides is 1. The van der Waals surface area contributed by atoms with Crippen LogP contribution in [0.5, 0.6) is 0 Å². The van der Waals surface area contributed by atoms with Gasteiger partial charge in [0, 0.05) is 22.0 Å². The van der Waals surface area contributed by atoms with Crippen molar-refractivity contribution in [3.63, 3.8) is 0 Å². The van der Waals surface area contributed by atoms with E-state index in [0.717, 1.165) is 21.5 Å². The number of carbonyl (C=O) groups excluding carboxylic acids is 1. The number of nitrogen functional groups attached to an aromatic ring is 1. The molecule has 3 nitrogen and oxygen atoms in total. The van der Waals surface area contributed by atoms with Gasteiger partial charge >= 0.3 is 0 Å². The van der Waals surface area contributed by atoms with Crippen LogP contribution in [0.25, 0.3) is 21.5 Å². The van der Waals surface area contributed by atoms with E-state index >= 15 is 0 Å². The molecule has 0 atom stereocenters. The number of primary amides is 1. The molecule has 0 saturated heterocycles. The fourth-order valence-electron chi connectivity index (χ4n) is 2.34. The molecule has 0 radical (unpaired) electrons. The summed E-state index contributed by atoms with van der Waals surface area (Å²) < 4.78 is 0. The van der Waals surface area contributed by atoms with Crippen LogP contribution >= 0.6 is 0 Å². The van der Waals surface area contributed by atoms with Crippen molar-refractivity contribution in [2.45, 2.75) is 0 Å². The largest absolute Gasteiger partial charge is 0.398 e. The molecule has 88 valence electrons. The average molecular weight is 236 g/mol. The molecule has 0 aliphatic rings. The lowest BCUT2D eigenvalue weighted by Crippen LogP contribution is -2.11. The standard InChI is InChI=1S/C15H12N2O/c16-14-10-5-2-1-4-9(10)8-13-11(14)6-3-7-12(13)15(17)18/h1-8H,16H2,(H2,17,18). The minimum atomic E-state index is -0.435. The van der Waals surface area contributed by atoms with E-state index in [0.29, 0.717) is 11.3 Å². The molecule has 1 amide bonds. The maximum Gasteiger partial charge on any atom is 0.249 e. The van der Waals surface area contributed by atoms with Gasteiger partial charge in [-0.25, -0.2) is 0 Å². The lowest BCUT2D eigenvalue weighted by molar-refractivity contribution is 0.100. The number of rotatable bonds is 1. The van der Waals surface area contributed by atoms with Gasteiger partial charge in [-0.2, -0.15) is 0 Å². The Kier molecular flexibility index (Phi) is 2.20. The molecule has 4 N–H and O–H groups in total. The van der Waals surface area contributed by atoms with E-state index < -0.39 is 5.91 Å². The number of carbonyl (C=O) groups is 1. The van der Waals surface area contributed by atoms with Crippen molar-refractivity contribution in [1.29, 1.82) is 0 Å². The highest BCUT2D eigenvalue weighted by Gasteiger charge is 2.10. The van der Waals surface area contributed by atoms with Crippen molar-refractivity contribution in [1.82, 2.24) is 0 Å². The molecule has 0 aliphatic heterocycles. The van der Waals surface area contributed by atoms with Gasteiger partial charge in [0.15, 0.2) is 0 Å². The molecule has 3 heteroatoms. The Balaban J connectivity index is 2.55. The first-order valence-electron chi connectivity index (χ1n) is 5.68. The van der Waals surface area contributed by atoms with Crippen molar-refractivity contribution in [2.75, 3.05) is 5.73 Å². The summed E-state index contributed by atoms with van der Waals surface area (Å²) >= 11 is 0. The summed E-state index contributed by atoms with van der Waals surface area (Å²) in [5.41, 5.74) is 12.8. The zero-order valence-electron chi connectivity index (χ0n) is 9.68. The Hall–Kier alpha value is -2.55. The molecule has 0 saturated carbocycles. The van der Waals surface area contributed by atoms with E-state index in [2.05, 4.69) is 0 Å². The van der Waals surface area contributed by atoms with Gasteiger partial charge in [0.2, 0.25) is 5.91 Å². The highest BCUT2D eigenvalue weighted by molar-refractivity contribution is 6.16. The molecule has 3 rings (SSSR count). The molecular formula is C15H12N2O. The van der Waals surface area contributed by atoms with Gasteiger partial charge in [-0.3, -0.25) is 4.79 Å². The smallest absolute Gasteiger partial charge is 0.249 e. The lowest BCUT2D eigenvalue weighted by Gasteiger charge is -2.09. The third kappa shape index (κ3) is 1.41. The van der Waals surface area contributed by atoms with Crippen molar-refractivity contribution >= 4 is 33.1 Å². The fraction of sp³-hybridized carbons (Fsp3) is 0. The maximum absolute atomic E-state index is 11.4. The van der Waals surface area contributed by atoms with Crippen molar-refractivity contribution in [2.24, 2.45) is 5.73 Å². The number of hydrogen-bond donors (Lipinski definition) is 2. The van der Waals surface area contributed by atoms with Gasteiger partial charge in [0.05, 0.1) is 0 Å². The van der Waals surface area contributed by atoms with E-state index in [1.165, 1.54) is 0 Å². The molecule has 0 heterocycles. The Bertz CT molecular complexity index is 778. The number of hydrogen-bond acceptors (Lipinski definition) is 2. The third-order valence-electron chi connectivity index (χ3n) is 3.21. The molecule has 18 heavy (non-hydrogen) atoms. The van der Waals surface area contributed by atoms with Crippen LogP contribution in [0.2, 0.25) is 0 Å². The van der Waals surface area contributed by atoms with Crippen LogP contribution in [0.1, 0.15) is 10.4 Å². The third-order valence-corrected chi connectivity index (χ3v) is 3.21. The number of nitrogens with two attached hydrogens (primary N) is 2. The molecule has 0 spiro atoms. The number of benzene rings is 3. The monoisotopic (exact) mass is 236 g/mol. The molecular weight excluding hydrogens is 224 g/mol. The number of fused-ring (bicyclic) bond motifs is 2. The van der Waals surface area contributed by atoms with Gasteiger partial charge in [-0.05, 0) is 22.9 Å². The van der Waals surface area contributed by atoms with Crippen LogP contribution in [0.3, 0.4) is 0 Å². The second kappa shape index (κ2) is 3.74. The molecule has 0 bridgehead atoms. The van der Waals surface area contributed by atoms with Crippen molar-refractivity contribution in [3.05, 3.63) is 54.1 Å². The Morgan fingerprint density at radius 3 is 2.39 bits per heavy atom. The summed E-state index contributed by atoms with van der Waals surface area (Å²) in [6.07, 6.45) is 0. The van der Waals surface area contributed by atoms with Gasteiger partial charge in [0.25, 0.3) is 0 Å². The quantitative estimate of drug-likeness (QED) is 0.503. The van der Waals surface area contributed by atoms with E-state index in [-0.39, 0.29) is 0 Å². The zero-order chi connectivity index (χ0) is 12.7. The topological polar surface area (TPSA) is 69.1 Å². The Morgan fingerprint density at radius 2 is 1.61 bits per heavy atom. The minimum Gasteiger partial charge on any atom is -0.398 e. The van der Waals surface area contributed by atoms with Crippen LogP contribution < -0.4 is 11.5 Å². The average Bonchev–Trinajstić information content (AvgIpc) is 2.38. The summed E-state index contributed by atoms with van der Waals surface area (Å²) in [6.45, 7) is 0. The Morgan fingerprint density at radius 1 is 0.889 bits per heavy atom. The van der Waals surface area contributed by atoms with Gasteiger partial charge in [0.1, 0.15) is 0 Å². The normalized spacial score (nSPS) is 10.9. The predicted molar refractivity (Wildman–Crippen MR) is 74.4 cm³/mol. The van der Waals surface area contributed by atoms with Crippen molar-refractivity contribution < 1.29 is 4.79 Å². The second-order valence-corrected chi connectivity index (χ2v) is 4.28. The van der Waals surface area contributed by atoms with Crippen molar-refractivity contribution in [3.8, 4) is 0 Å². The summed E-state index contributed by atoms with van der Waals surface area (Å²) in [6, 6.07) is 15.2.